The molecule has 1 aromatic carbocycles. The largest absolute Gasteiger partial charge is 0.393 e. The lowest BCUT2D eigenvalue weighted by atomic mass is 10.0. The average molecular weight is 456 g/mol. The summed E-state index contributed by atoms with van der Waals surface area (Å²) in [5, 5.41) is 14.1. The predicted octanol–water partition coefficient (Wildman–Crippen LogP) is 4.10. The van der Waals surface area contributed by atoms with Gasteiger partial charge in [0.1, 0.15) is 5.82 Å². The Balaban J connectivity index is 1.32. The smallest absolute Gasteiger partial charge is 0.253 e. The van der Waals surface area contributed by atoms with Crippen molar-refractivity contribution < 1.29 is 9.90 Å². The molecule has 5 rings (SSSR count). The van der Waals surface area contributed by atoms with Gasteiger partial charge in [-0.25, -0.2) is 14.5 Å². The number of carbonyl (C=O) groups excluding carboxylic acids is 1. The van der Waals surface area contributed by atoms with Gasteiger partial charge < -0.3 is 10.0 Å². The number of benzene rings is 1. The number of rotatable bonds is 5. The molecule has 0 atom stereocenters. The first kappa shape index (κ1) is 22.2. The van der Waals surface area contributed by atoms with E-state index < -0.39 is 0 Å². The SMILES string of the molecule is CC(C)c1cnn2ccc(-c3ccnc(Cc4ccc(C(=O)N5CCC(O)CC5)cc4)n3)cc12. The zero-order chi connectivity index (χ0) is 23.7. The molecule has 4 aromatic rings. The van der Waals surface area contributed by atoms with Gasteiger partial charge in [0.25, 0.3) is 5.91 Å². The second kappa shape index (κ2) is 9.35. The molecule has 1 N–H and O–H groups in total. The van der Waals surface area contributed by atoms with Crippen LogP contribution in [-0.4, -0.2) is 54.7 Å². The third kappa shape index (κ3) is 4.56. The fourth-order valence-electron chi connectivity index (χ4n) is 4.45. The summed E-state index contributed by atoms with van der Waals surface area (Å²) in [5.41, 5.74) is 5.94. The Kier molecular flexibility index (Phi) is 6.11. The van der Waals surface area contributed by atoms with Crippen LogP contribution in [0.15, 0.2) is 61.1 Å². The zero-order valence-corrected chi connectivity index (χ0v) is 19.6. The van der Waals surface area contributed by atoms with Crippen LogP contribution in [0.5, 0.6) is 0 Å². The molecule has 1 amide bonds. The van der Waals surface area contributed by atoms with Crippen molar-refractivity contribution in [2.45, 2.75) is 45.1 Å². The number of aromatic nitrogens is 4. The number of pyridine rings is 1. The maximum absolute atomic E-state index is 12.7. The molecular weight excluding hydrogens is 426 g/mol. The number of piperidine rings is 1. The number of carbonyl (C=O) groups is 1. The van der Waals surface area contributed by atoms with Crippen molar-refractivity contribution in [2.24, 2.45) is 0 Å². The van der Waals surface area contributed by atoms with Gasteiger partial charge in [0, 0.05) is 48.6 Å². The molecule has 0 radical (unpaired) electrons. The monoisotopic (exact) mass is 455 g/mol. The van der Waals surface area contributed by atoms with Crippen LogP contribution >= 0.6 is 0 Å². The molecule has 0 unspecified atom stereocenters. The van der Waals surface area contributed by atoms with E-state index in [1.807, 2.05) is 58.2 Å². The van der Waals surface area contributed by atoms with E-state index in [-0.39, 0.29) is 12.0 Å². The lowest BCUT2D eigenvalue weighted by molar-refractivity contribution is 0.0546. The Morgan fingerprint density at radius 3 is 2.62 bits per heavy atom. The molecule has 3 aromatic heterocycles. The van der Waals surface area contributed by atoms with Crippen LogP contribution in [0.3, 0.4) is 0 Å². The number of likely N-dealkylation sites (tertiary alicyclic amines) is 1. The molecule has 4 heterocycles. The van der Waals surface area contributed by atoms with Gasteiger partial charge in [0.15, 0.2) is 0 Å². The molecule has 174 valence electrons. The molecule has 0 aliphatic carbocycles. The molecule has 34 heavy (non-hydrogen) atoms. The Bertz CT molecular complexity index is 1300. The van der Waals surface area contributed by atoms with Gasteiger partial charge in [-0.15, -0.1) is 0 Å². The lowest BCUT2D eigenvalue weighted by Crippen LogP contribution is -2.40. The van der Waals surface area contributed by atoms with Crippen LogP contribution in [0.2, 0.25) is 0 Å². The molecule has 0 spiro atoms. The molecule has 0 saturated carbocycles. The van der Waals surface area contributed by atoms with Crippen LogP contribution in [0.1, 0.15) is 59.9 Å². The lowest BCUT2D eigenvalue weighted by Gasteiger charge is -2.29. The van der Waals surface area contributed by atoms with E-state index in [4.69, 9.17) is 4.98 Å². The van der Waals surface area contributed by atoms with Crippen LogP contribution in [0.25, 0.3) is 16.8 Å². The van der Waals surface area contributed by atoms with E-state index in [1.165, 1.54) is 5.56 Å². The van der Waals surface area contributed by atoms with Crippen LogP contribution in [0.4, 0.5) is 0 Å². The highest BCUT2D eigenvalue weighted by atomic mass is 16.3. The van der Waals surface area contributed by atoms with Crippen LogP contribution < -0.4 is 0 Å². The van der Waals surface area contributed by atoms with Gasteiger partial charge in [-0.3, -0.25) is 4.79 Å². The maximum Gasteiger partial charge on any atom is 0.253 e. The third-order valence-corrected chi connectivity index (χ3v) is 6.49. The minimum absolute atomic E-state index is 0.0210. The Morgan fingerprint density at radius 1 is 1.12 bits per heavy atom. The van der Waals surface area contributed by atoms with Crippen LogP contribution in [0, 0.1) is 0 Å². The van der Waals surface area contributed by atoms with Crippen molar-refractivity contribution in [1.29, 1.82) is 0 Å². The van der Waals surface area contributed by atoms with E-state index >= 15 is 0 Å². The minimum atomic E-state index is -0.290. The number of amides is 1. The zero-order valence-electron chi connectivity index (χ0n) is 19.6. The van der Waals surface area contributed by atoms with Crippen molar-refractivity contribution in [3.05, 3.63) is 83.6 Å². The first-order valence-electron chi connectivity index (χ1n) is 11.8. The summed E-state index contributed by atoms with van der Waals surface area (Å²) in [6, 6.07) is 13.8. The van der Waals surface area contributed by atoms with E-state index in [0.717, 1.165) is 28.2 Å². The normalized spacial score (nSPS) is 14.8. The highest BCUT2D eigenvalue weighted by Crippen LogP contribution is 2.25. The van der Waals surface area contributed by atoms with Gasteiger partial charge in [0.2, 0.25) is 0 Å². The number of nitrogens with zero attached hydrogens (tertiary/aromatic N) is 5. The minimum Gasteiger partial charge on any atom is -0.393 e. The number of hydrogen-bond acceptors (Lipinski definition) is 5. The fraction of sp³-hybridized carbons (Fsp3) is 0.333. The molecule has 1 aliphatic heterocycles. The summed E-state index contributed by atoms with van der Waals surface area (Å²) in [6.07, 6.45) is 7.28. The summed E-state index contributed by atoms with van der Waals surface area (Å²) < 4.78 is 1.90. The molecule has 1 saturated heterocycles. The summed E-state index contributed by atoms with van der Waals surface area (Å²) in [7, 11) is 0. The van der Waals surface area contributed by atoms with Crippen molar-refractivity contribution in [3.63, 3.8) is 0 Å². The van der Waals surface area contributed by atoms with E-state index in [2.05, 4.69) is 30.0 Å². The number of hydrogen-bond donors (Lipinski definition) is 1. The van der Waals surface area contributed by atoms with Crippen molar-refractivity contribution in [3.8, 4) is 11.3 Å². The van der Waals surface area contributed by atoms with Gasteiger partial charge in [-0.05, 0) is 54.7 Å². The molecule has 0 bridgehead atoms. The summed E-state index contributed by atoms with van der Waals surface area (Å²) >= 11 is 0. The quantitative estimate of drug-likeness (QED) is 0.490. The molecule has 7 nitrogen and oxygen atoms in total. The van der Waals surface area contributed by atoms with E-state index in [9.17, 15) is 9.90 Å². The highest BCUT2D eigenvalue weighted by Gasteiger charge is 2.22. The van der Waals surface area contributed by atoms with Crippen molar-refractivity contribution in [1.82, 2.24) is 24.5 Å². The second-order valence-electron chi connectivity index (χ2n) is 9.26. The molecular formula is C27H29N5O2. The third-order valence-electron chi connectivity index (χ3n) is 6.49. The summed E-state index contributed by atoms with van der Waals surface area (Å²) in [4.78, 5) is 23.8. The fourth-order valence-corrected chi connectivity index (χ4v) is 4.45. The van der Waals surface area contributed by atoms with Gasteiger partial charge in [0.05, 0.1) is 23.5 Å². The first-order chi connectivity index (χ1) is 16.5. The van der Waals surface area contributed by atoms with Crippen molar-refractivity contribution >= 4 is 11.4 Å². The van der Waals surface area contributed by atoms with Gasteiger partial charge in [-0.2, -0.15) is 5.10 Å². The first-order valence-corrected chi connectivity index (χ1v) is 11.8. The number of fused-ring (bicyclic) bond motifs is 1. The standard InChI is InChI=1S/C27H29N5O2/c1-18(2)23-17-29-32-14-8-21(16-25(23)32)24-7-11-28-26(30-24)15-19-3-5-20(6-4-19)27(34)31-12-9-22(33)10-13-31/h3-8,11,14,16-18,22,33H,9-10,12-13,15H2,1-2H3. The average Bonchev–Trinajstić information content (AvgIpc) is 3.28. The van der Waals surface area contributed by atoms with Gasteiger partial charge in [-0.1, -0.05) is 26.0 Å². The van der Waals surface area contributed by atoms with Gasteiger partial charge >= 0.3 is 0 Å². The highest BCUT2D eigenvalue weighted by molar-refractivity contribution is 5.94. The Labute approximate surface area is 199 Å². The van der Waals surface area contributed by atoms with Crippen molar-refractivity contribution in [2.75, 3.05) is 13.1 Å². The summed E-state index contributed by atoms with van der Waals surface area (Å²) in [6.45, 7) is 5.54. The van der Waals surface area contributed by atoms with E-state index in [1.54, 1.807) is 6.20 Å². The van der Waals surface area contributed by atoms with Crippen LogP contribution in [-0.2, 0) is 6.42 Å². The Hall–Kier alpha value is -3.58. The Morgan fingerprint density at radius 2 is 1.88 bits per heavy atom. The topological polar surface area (TPSA) is 83.6 Å². The predicted molar refractivity (Wildman–Crippen MR) is 131 cm³/mol. The molecule has 7 heteroatoms. The number of aliphatic hydroxyl groups excluding tert-OH is 1. The second-order valence-corrected chi connectivity index (χ2v) is 9.26. The molecule has 1 fully saturated rings. The molecule has 1 aliphatic rings. The number of aliphatic hydroxyl groups is 1. The van der Waals surface area contributed by atoms with E-state index in [0.29, 0.717) is 43.8 Å². The summed E-state index contributed by atoms with van der Waals surface area (Å²) in [5.74, 6) is 1.15. The maximum atomic E-state index is 12.7.